The predicted octanol–water partition coefficient (Wildman–Crippen LogP) is 2.55. The molecule has 0 radical (unpaired) electrons. The fourth-order valence-corrected chi connectivity index (χ4v) is 4.91. The van der Waals surface area contributed by atoms with E-state index in [0.717, 1.165) is 29.5 Å². The number of benzene rings is 1. The SMILES string of the molecule is CSc1ccc(Cn2cc(C(=O)O)c(=O)c3cc(F)c(N4C[C@@H]5C[C@H]4CN5)nc32)cc1. The lowest BCUT2D eigenvalue weighted by molar-refractivity contribution is 0.0695. The van der Waals surface area contributed by atoms with Crippen LogP contribution in [-0.4, -0.2) is 52.1 Å². The number of nitrogens with one attached hydrogen (secondary N) is 1. The molecule has 2 aromatic heterocycles. The average Bonchev–Trinajstić information content (AvgIpc) is 3.39. The molecule has 31 heavy (non-hydrogen) atoms. The number of aromatic nitrogens is 2. The van der Waals surface area contributed by atoms with Crippen LogP contribution in [0.5, 0.6) is 0 Å². The van der Waals surface area contributed by atoms with Gasteiger partial charge in [0, 0.05) is 42.8 Å². The van der Waals surface area contributed by atoms with Gasteiger partial charge in [-0.1, -0.05) is 12.1 Å². The summed E-state index contributed by atoms with van der Waals surface area (Å²) >= 11 is 1.63. The Kier molecular flexibility index (Phi) is 4.94. The molecule has 0 amide bonds. The van der Waals surface area contributed by atoms with E-state index in [2.05, 4.69) is 10.3 Å². The minimum absolute atomic E-state index is 0.0237. The van der Waals surface area contributed by atoms with Crippen molar-refractivity contribution in [3.8, 4) is 0 Å². The Bertz CT molecular complexity index is 1240. The van der Waals surface area contributed by atoms with Crippen LogP contribution in [-0.2, 0) is 6.54 Å². The molecule has 9 heteroatoms. The van der Waals surface area contributed by atoms with Crippen LogP contribution in [0.3, 0.4) is 0 Å². The van der Waals surface area contributed by atoms with E-state index in [-0.39, 0.29) is 22.9 Å². The van der Waals surface area contributed by atoms with Gasteiger partial charge in [0.2, 0.25) is 5.43 Å². The van der Waals surface area contributed by atoms with E-state index in [4.69, 9.17) is 0 Å². The maximum Gasteiger partial charge on any atom is 0.341 e. The van der Waals surface area contributed by atoms with Gasteiger partial charge < -0.3 is 19.9 Å². The first-order valence-electron chi connectivity index (χ1n) is 10.0. The van der Waals surface area contributed by atoms with Crippen LogP contribution >= 0.6 is 11.8 Å². The summed E-state index contributed by atoms with van der Waals surface area (Å²) < 4.78 is 16.7. The molecule has 2 saturated heterocycles. The van der Waals surface area contributed by atoms with Gasteiger partial charge in [-0.3, -0.25) is 4.79 Å². The van der Waals surface area contributed by atoms with Crippen LogP contribution in [0.25, 0.3) is 11.0 Å². The molecule has 0 aliphatic carbocycles. The van der Waals surface area contributed by atoms with E-state index in [9.17, 15) is 14.7 Å². The van der Waals surface area contributed by atoms with Gasteiger partial charge in [-0.25, -0.2) is 14.2 Å². The summed E-state index contributed by atoms with van der Waals surface area (Å²) in [6.07, 6.45) is 4.23. The zero-order chi connectivity index (χ0) is 21.7. The number of fused-ring (bicyclic) bond motifs is 3. The number of rotatable bonds is 5. The first kappa shape index (κ1) is 20.0. The molecule has 160 valence electrons. The highest BCUT2D eigenvalue weighted by atomic mass is 32.2. The van der Waals surface area contributed by atoms with Gasteiger partial charge >= 0.3 is 5.97 Å². The van der Waals surface area contributed by atoms with Crippen molar-refractivity contribution in [1.82, 2.24) is 14.9 Å². The number of halogens is 1. The summed E-state index contributed by atoms with van der Waals surface area (Å²) in [5.74, 6) is -1.73. The molecule has 2 fully saturated rings. The lowest BCUT2D eigenvalue weighted by atomic mass is 10.1. The van der Waals surface area contributed by atoms with Crippen molar-refractivity contribution < 1.29 is 14.3 Å². The zero-order valence-corrected chi connectivity index (χ0v) is 17.7. The van der Waals surface area contributed by atoms with Crippen LogP contribution in [0.2, 0.25) is 0 Å². The van der Waals surface area contributed by atoms with Crippen LogP contribution < -0.4 is 15.6 Å². The monoisotopic (exact) mass is 440 g/mol. The van der Waals surface area contributed by atoms with Crippen molar-refractivity contribution in [2.24, 2.45) is 0 Å². The number of thioether (sulfide) groups is 1. The van der Waals surface area contributed by atoms with Crippen LogP contribution in [0.1, 0.15) is 22.3 Å². The lowest BCUT2D eigenvalue weighted by Crippen LogP contribution is -2.44. The van der Waals surface area contributed by atoms with Crippen molar-refractivity contribution in [1.29, 1.82) is 0 Å². The van der Waals surface area contributed by atoms with E-state index in [0.29, 0.717) is 19.1 Å². The maximum atomic E-state index is 15.0. The van der Waals surface area contributed by atoms with E-state index in [1.165, 1.54) is 6.20 Å². The molecule has 2 aliphatic rings. The van der Waals surface area contributed by atoms with Gasteiger partial charge in [0.1, 0.15) is 11.2 Å². The van der Waals surface area contributed by atoms with E-state index >= 15 is 4.39 Å². The van der Waals surface area contributed by atoms with Crippen molar-refractivity contribution >= 4 is 34.6 Å². The molecular weight excluding hydrogens is 419 g/mol. The minimum Gasteiger partial charge on any atom is -0.477 e. The summed E-state index contributed by atoms with van der Waals surface area (Å²) in [5.41, 5.74) is 0.0953. The first-order chi connectivity index (χ1) is 14.9. The second-order valence-corrected chi connectivity index (χ2v) is 8.84. The fourth-order valence-electron chi connectivity index (χ4n) is 4.50. The Morgan fingerprint density at radius 1 is 1.35 bits per heavy atom. The largest absolute Gasteiger partial charge is 0.477 e. The second-order valence-electron chi connectivity index (χ2n) is 7.97. The number of carboxylic acid groups (broad SMARTS) is 1. The summed E-state index contributed by atoms with van der Waals surface area (Å²) in [5, 5.41) is 12.9. The molecule has 4 heterocycles. The number of nitrogens with zero attached hydrogens (tertiary/aromatic N) is 3. The van der Waals surface area contributed by atoms with Crippen LogP contribution in [0.4, 0.5) is 10.2 Å². The molecule has 0 spiro atoms. The summed E-state index contributed by atoms with van der Waals surface area (Å²) in [6, 6.07) is 9.48. The number of hydrogen-bond acceptors (Lipinski definition) is 6. The first-order valence-corrected chi connectivity index (χ1v) is 11.3. The van der Waals surface area contributed by atoms with Crippen molar-refractivity contribution in [3.05, 3.63) is 63.7 Å². The van der Waals surface area contributed by atoms with E-state index in [1.54, 1.807) is 16.3 Å². The van der Waals surface area contributed by atoms with E-state index < -0.39 is 22.8 Å². The van der Waals surface area contributed by atoms with Gasteiger partial charge in [-0.2, -0.15) is 0 Å². The van der Waals surface area contributed by atoms with Crippen molar-refractivity contribution in [2.45, 2.75) is 29.9 Å². The molecule has 2 bridgehead atoms. The molecule has 7 nitrogen and oxygen atoms in total. The second kappa shape index (κ2) is 7.65. The van der Waals surface area contributed by atoms with Crippen molar-refractivity contribution in [2.75, 3.05) is 24.2 Å². The number of hydrogen-bond donors (Lipinski definition) is 2. The van der Waals surface area contributed by atoms with Gasteiger partial charge in [-0.15, -0.1) is 11.8 Å². The van der Waals surface area contributed by atoms with Crippen molar-refractivity contribution in [3.63, 3.8) is 0 Å². The Hall–Kier alpha value is -2.91. The van der Waals surface area contributed by atoms with Crippen LogP contribution in [0, 0.1) is 5.82 Å². The number of carbonyl (C=O) groups is 1. The Labute approximate surface area is 181 Å². The molecule has 0 saturated carbocycles. The topological polar surface area (TPSA) is 87.5 Å². The molecule has 1 aromatic carbocycles. The average molecular weight is 441 g/mol. The Morgan fingerprint density at radius 2 is 2.13 bits per heavy atom. The van der Waals surface area contributed by atoms with E-state index in [1.807, 2.05) is 35.4 Å². The zero-order valence-electron chi connectivity index (χ0n) is 16.8. The molecule has 3 aromatic rings. The third kappa shape index (κ3) is 3.47. The molecule has 2 aliphatic heterocycles. The highest BCUT2D eigenvalue weighted by Gasteiger charge is 2.39. The van der Waals surface area contributed by atoms with Gasteiger partial charge in [0.15, 0.2) is 11.6 Å². The van der Waals surface area contributed by atoms with Gasteiger partial charge in [0.05, 0.1) is 5.39 Å². The number of anilines is 1. The number of aromatic carboxylic acids is 1. The Balaban J connectivity index is 1.66. The van der Waals surface area contributed by atoms with Gasteiger partial charge in [-0.05, 0) is 36.4 Å². The highest BCUT2D eigenvalue weighted by molar-refractivity contribution is 7.98. The third-order valence-corrected chi connectivity index (χ3v) is 6.80. The summed E-state index contributed by atoms with van der Waals surface area (Å²) in [7, 11) is 0. The molecule has 2 atom stereocenters. The minimum atomic E-state index is -1.34. The number of piperazine rings is 1. The summed E-state index contributed by atoms with van der Waals surface area (Å²) in [6.45, 7) is 1.75. The fraction of sp³-hybridized carbons (Fsp3) is 0.318. The smallest absolute Gasteiger partial charge is 0.341 e. The van der Waals surface area contributed by atoms with Gasteiger partial charge in [0.25, 0.3) is 0 Å². The molecule has 2 N–H and O–H groups in total. The lowest BCUT2D eigenvalue weighted by Gasteiger charge is -2.29. The normalized spacial score (nSPS) is 20.0. The maximum absolute atomic E-state index is 15.0. The molecule has 5 rings (SSSR count). The van der Waals surface area contributed by atoms with Crippen LogP contribution in [0.15, 0.2) is 46.2 Å². The number of pyridine rings is 2. The standard InChI is InChI=1S/C22H21FN4O3S/c1-31-15-4-2-12(3-5-15)9-26-11-17(22(29)30)19(28)16-7-18(23)21(25-20(16)26)27-10-13-6-14(27)8-24-13/h2-5,7,11,13-14,24H,6,8-10H2,1H3,(H,29,30)/t13-,14-/m0/s1. The Morgan fingerprint density at radius 3 is 2.74 bits per heavy atom. The quantitative estimate of drug-likeness (QED) is 0.590. The number of carboxylic acids is 1. The predicted molar refractivity (Wildman–Crippen MR) is 118 cm³/mol. The molecule has 0 unspecified atom stereocenters. The third-order valence-electron chi connectivity index (χ3n) is 6.05. The summed E-state index contributed by atoms with van der Waals surface area (Å²) in [4.78, 5) is 32.0. The highest BCUT2D eigenvalue weighted by Crippen LogP contribution is 2.31. The molecular formula is C22H21FN4O3S.